The summed E-state index contributed by atoms with van der Waals surface area (Å²) in [7, 11) is 2.98. The van der Waals surface area contributed by atoms with Crippen LogP contribution in [0.25, 0.3) is 11.0 Å². The van der Waals surface area contributed by atoms with Gasteiger partial charge in [0, 0.05) is 0 Å². The van der Waals surface area contributed by atoms with Gasteiger partial charge in [0.25, 0.3) is 5.91 Å². The average molecular weight is 406 g/mol. The highest BCUT2D eigenvalue weighted by Crippen LogP contribution is 2.31. The van der Waals surface area contributed by atoms with Crippen LogP contribution in [0.2, 0.25) is 0 Å². The molecule has 1 N–H and O–H groups in total. The van der Waals surface area contributed by atoms with Gasteiger partial charge in [0.15, 0.2) is 11.5 Å². The number of imidazole rings is 1. The summed E-state index contributed by atoms with van der Waals surface area (Å²) < 4.78 is 50.9. The number of fused-ring (bicyclic) bond motifs is 1. The Kier molecular flexibility index (Phi) is 5.71. The Morgan fingerprint density at radius 2 is 1.90 bits per heavy atom. The molecule has 0 bridgehead atoms. The molecular formula is C19H17F3N4O3. The molecular weight excluding hydrogens is 389 g/mol. The topological polar surface area (TPSA) is 77.7 Å². The largest absolute Gasteiger partial charge is 0.493 e. The Bertz CT molecular complexity index is 1060. The molecule has 0 aliphatic carbocycles. The SMILES string of the molecule is COc1ccc(/C=N/NC(=O)Cn2c(C(F)(F)F)nc3ccccc32)cc1OC. The van der Waals surface area contributed by atoms with Crippen LogP contribution < -0.4 is 14.9 Å². The van der Waals surface area contributed by atoms with E-state index < -0.39 is 24.5 Å². The predicted molar refractivity (Wildman–Crippen MR) is 100 cm³/mol. The Labute approximate surface area is 163 Å². The Morgan fingerprint density at radius 3 is 2.59 bits per heavy atom. The summed E-state index contributed by atoms with van der Waals surface area (Å²) in [5.41, 5.74) is 3.19. The number of nitrogens with one attached hydrogen (secondary N) is 1. The third kappa shape index (κ3) is 4.48. The number of carbonyl (C=O) groups is 1. The number of nitrogens with zero attached hydrogens (tertiary/aromatic N) is 3. The van der Waals surface area contributed by atoms with Crippen LogP contribution in [-0.4, -0.2) is 35.9 Å². The van der Waals surface area contributed by atoms with E-state index in [4.69, 9.17) is 9.47 Å². The Morgan fingerprint density at radius 1 is 1.17 bits per heavy atom. The molecule has 0 fully saturated rings. The van der Waals surface area contributed by atoms with Crippen LogP contribution in [0.3, 0.4) is 0 Å². The first-order chi connectivity index (χ1) is 13.8. The maximum absolute atomic E-state index is 13.3. The van der Waals surface area contributed by atoms with Crippen molar-refractivity contribution in [2.75, 3.05) is 14.2 Å². The molecule has 7 nitrogen and oxygen atoms in total. The number of hydrogen-bond acceptors (Lipinski definition) is 5. The number of carbonyl (C=O) groups excluding carboxylic acids is 1. The Balaban J connectivity index is 1.76. The quantitative estimate of drug-likeness (QED) is 0.504. The van der Waals surface area contributed by atoms with Gasteiger partial charge in [0.2, 0.25) is 5.82 Å². The number of rotatable bonds is 6. The van der Waals surface area contributed by atoms with Crippen molar-refractivity contribution in [1.82, 2.24) is 15.0 Å². The van der Waals surface area contributed by atoms with Gasteiger partial charge >= 0.3 is 6.18 Å². The molecule has 1 aromatic heterocycles. The van der Waals surface area contributed by atoms with Gasteiger partial charge in [-0.2, -0.15) is 18.3 Å². The number of hydrazone groups is 1. The number of hydrogen-bond donors (Lipinski definition) is 1. The molecule has 10 heteroatoms. The number of halogens is 3. The monoisotopic (exact) mass is 406 g/mol. The van der Waals surface area contributed by atoms with Gasteiger partial charge in [-0.3, -0.25) is 4.79 Å². The second-order valence-electron chi connectivity index (χ2n) is 5.92. The molecule has 0 aliphatic rings. The van der Waals surface area contributed by atoms with Crippen molar-refractivity contribution in [3.8, 4) is 11.5 Å². The summed E-state index contributed by atoms with van der Waals surface area (Å²) in [5, 5.41) is 3.79. The van der Waals surface area contributed by atoms with Crippen molar-refractivity contribution in [2.45, 2.75) is 12.7 Å². The fourth-order valence-electron chi connectivity index (χ4n) is 2.74. The molecule has 1 heterocycles. The van der Waals surface area contributed by atoms with E-state index in [1.807, 2.05) is 0 Å². The van der Waals surface area contributed by atoms with Crippen LogP contribution in [0, 0.1) is 0 Å². The van der Waals surface area contributed by atoms with Crippen LogP contribution >= 0.6 is 0 Å². The van der Waals surface area contributed by atoms with E-state index in [1.54, 1.807) is 30.3 Å². The zero-order valence-corrected chi connectivity index (χ0v) is 15.5. The highest BCUT2D eigenvalue weighted by Gasteiger charge is 2.37. The summed E-state index contributed by atoms with van der Waals surface area (Å²) in [4.78, 5) is 15.8. The third-order valence-corrected chi connectivity index (χ3v) is 4.02. The minimum atomic E-state index is -4.69. The van der Waals surface area contributed by atoms with Crippen LogP contribution in [0.5, 0.6) is 11.5 Å². The molecule has 3 rings (SSSR count). The van der Waals surface area contributed by atoms with Gasteiger partial charge in [0.1, 0.15) is 6.54 Å². The molecule has 0 saturated carbocycles. The van der Waals surface area contributed by atoms with Crippen LogP contribution in [0.15, 0.2) is 47.6 Å². The number of aromatic nitrogens is 2. The first kappa shape index (κ1) is 20.2. The lowest BCUT2D eigenvalue weighted by Gasteiger charge is -2.10. The standard InChI is InChI=1S/C19H17F3N4O3/c1-28-15-8-7-12(9-16(15)29-2)10-23-25-17(27)11-26-14-6-4-3-5-13(14)24-18(26)19(20,21)22/h3-10H,11H2,1-2H3,(H,25,27)/b23-10+. The van der Waals surface area contributed by atoms with Crippen molar-refractivity contribution < 1.29 is 27.4 Å². The van der Waals surface area contributed by atoms with E-state index in [2.05, 4.69) is 15.5 Å². The van der Waals surface area contributed by atoms with E-state index in [0.717, 1.165) is 4.57 Å². The lowest BCUT2D eigenvalue weighted by atomic mass is 10.2. The molecule has 0 atom stereocenters. The van der Waals surface area contributed by atoms with Crippen LogP contribution in [-0.2, 0) is 17.5 Å². The summed E-state index contributed by atoms with van der Waals surface area (Å²) in [6.45, 7) is -0.585. The van der Waals surface area contributed by atoms with E-state index >= 15 is 0 Å². The maximum Gasteiger partial charge on any atom is 0.449 e. The summed E-state index contributed by atoms with van der Waals surface area (Å²) in [6, 6.07) is 11.1. The van der Waals surface area contributed by atoms with Gasteiger partial charge in [-0.25, -0.2) is 10.4 Å². The fourth-order valence-corrected chi connectivity index (χ4v) is 2.74. The molecule has 0 saturated heterocycles. The van der Waals surface area contributed by atoms with Gasteiger partial charge in [-0.05, 0) is 35.9 Å². The van der Waals surface area contributed by atoms with Gasteiger partial charge in [-0.15, -0.1) is 0 Å². The summed E-state index contributed by atoms with van der Waals surface area (Å²) in [6.07, 6.45) is -3.35. The highest BCUT2D eigenvalue weighted by atomic mass is 19.4. The van der Waals surface area contributed by atoms with E-state index in [0.29, 0.717) is 17.1 Å². The molecule has 0 radical (unpaired) electrons. The van der Waals surface area contributed by atoms with Gasteiger partial charge in [0.05, 0.1) is 31.5 Å². The Hall–Kier alpha value is -3.56. The predicted octanol–water partition coefficient (Wildman–Crippen LogP) is 3.22. The van der Waals surface area contributed by atoms with Crippen molar-refractivity contribution in [3.63, 3.8) is 0 Å². The summed E-state index contributed by atoms with van der Waals surface area (Å²) in [5.74, 6) is -0.865. The number of para-hydroxylation sites is 2. The zero-order valence-electron chi connectivity index (χ0n) is 15.5. The average Bonchev–Trinajstić information content (AvgIpc) is 3.07. The molecule has 1 amide bonds. The first-order valence-electron chi connectivity index (χ1n) is 8.40. The zero-order chi connectivity index (χ0) is 21.0. The number of ether oxygens (including phenoxy) is 2. The van der Waals surface area contributed by atoms with Crippen molar-refractivity contribution >= 4 is 23.2 Å². The van der Waals surface area contributed by atoms with Crippen molar-refractivity contribution in [1.29, 1.82) is 0 Å². The van der Waals surface area contributed by atoms with Crippen molar-refractivity contribution in [2.24, 2.45) is 5.10 Å². The van der Waals surface area contributed by atoms with E-state index in [9.17, 15) is 18.0 Å². The van der Waals surface area contributed by atoms with E-state index in [1.165, 1.54) is 32.6 Å². The van der Waals surface area contributed by atoms with Gasteiger partial charge < -0.3 is 14.0 Å². The fraction of sp³-hybridized carbons (Fsp3) is 0.211. The molecule has 0 spiro atoms. The molecule has 29 heavy (non-hydrogen) atoms. The van der Waals surface area contributed by atoms with Gasteiger partial charge in [-0.1, -0.05) is 12.1 Å². The second-order valence-corrected chi connectivity index (χ2v) is 5.92. The number of methoxy groups -OCH3 is 2. The molecule has 2 aromatic carbocycles. The smallest absolute Gasteiger partial charge is 0.449 e. The number of alkyl halides is 3. The third-order valence-electron chi connectivity index (χ3n) is 4.02. The molecule has 3 aromatic rings. The molecule has 0 unspecified atom stereocenters. The molecule has 0 aliphatic heterocycles. The number of amides is 1. The normalized spacial score (nSPS) is 11.8. The van der Waals surface area contributed by atoms with Crippen LogP contribution in [0.4, 0.5) is 13.2 Å². The lowest BCUT2D eigenvalue weighted by molar-refractivity contribution is -0.147. The van der Waals surface area contributed by atoms with Crippen molar-refractivity contribution in [3.05, 3.63) is 53.9 Å². The lowest BCUT2D eigenvalue weighted by Crippen LogP contribution is -2.26. The molecule has 152 valence electrons. The number of benzene rings is 2. The minimum absolute atomic E-state index is 0.154. The first-order valence-corrected chi connectivity index (χ1v) is 8.40. The maximum atomic E-state index is 13.3. The summed E-state index contributed by atoms with van der Waals surface area (Å²) >= 11 is 0. The van der Waals surface area contributed by atoms with Crippen LogP contribution in [0.1, 0.15) is 11.4 Å². The minimum Gasteiger partial charge on any atom is -0.493 e. The second kappa shape index (κ2) is 8.21. The highest BCUT2D eigenvalue weighted by molar-refractivity contribution is 5.84. The van der Waals surface area contributed by atoms with E-state index in [-0.39, 0.29) is 11.0 Å².